The molecule has 0 saturated heterocycles. The van der Waals surface area contributed by atoms with Gasteiger partial charge in [-0.3, -0.25) is 10.1 Å². The molecule has 0 bridgehead atoms. The highest BCUT2D eigenvalue weighted by Crippen LogP contribution is 2.27. The standard InChI is InChI=1S/C13H7ClFN3O3/c14-9-5-7(1-3-10(9)15)16-13-17-11-6-8(18(19)20)2-4-12(11)21-13/h1-6H,(H,16,17). The molecule has 2 aromatic carbocycles. The molecule has 1 heterocycles. The topological polar surface area (TPSA) is 81.2 Å². The number of benzene rings is 2. The molecule has 0 fully saturated rings. The van der Waals surface area contributed by atoms with Crippen LogP contribution < -0.4 is 5.32 Å². The number of hydrogen-bond acceptors (Lipinski definition) is 5. The van der Waals surface area contributed by atoms with Gasteiger partial charge in [-0.1, -0.05) is 11.6 Å². The average Bonchev–Trinajstić information content (AvgIpc) is 2.84. The van der Waals surface area contributed by atoms with Gasteiger partial charge in [-0.2, -0.15) is 4.98 Å². The second-order valence-corrected chi connectivity index (χ2v) is 4.59. The van der Waals surface area contributed by atoms with E-state index in [2.05, 4.69) is 10.3 Å². The van der Waals surface area contributed by atoms with E-state index in [9.17, 15) is 14.5 Å². The SMILES string of the molecule is O=[N+]([O-])c1ccc2oc(Nc3ccc(F)c(Cl)c3)nc2c1. The molecule has 0 aliphatic carbocycles. The van der Waals surface area contributed by atoms with Crippen molar-refractivity contribution in [3.8, 4) is 0 Å². The van der Waals surface area contributed by atoms with Gasteiger partial charge in [0.1, 0.15) is 11.3 Å². The molecule has 0 spiro atoms. The first kappa shape index (κ1) is 13.3. The number of halogens is 2. The second kappa shape index (κ2) is 5.02. The summed E-state index contributed by atoms with van der Waals surface area (Å²) in [6.07, 6.45) is 0. The fourth-order valence-electron chi connectivity index (χ4n) is 1.78. The van der Waals surface area contributed by atoms with Crippen LogP contribution in [0, 0.1) is 15.9 Å². The van der Waals surface area contributed by atoms with Gasteiger partial charge in [-0.25, -0.2) is 4.39 Å². The molecule has 0 unspecified atom stereocenters. The number of nitrogens with one attached hydrogen (secondary N) is 1. The Hall–Kier alpha value is -2.67. The van der Waals surface area contributed by atoms with Crippen molar-refractivity contribution in [1.29, 1.82) is 0 Å². The minimum atomic E-state index is -0.532. The molecule has 0 radical (unpaired) electrons. The van der Waals surface area contributed by atoms with Gasteiger partial charge in [0, 0.05) is 17.8 Å². The van der Waals surface area contributed by atoms with E-state index in [1.807, 2.05) is 0 Å². The van der Waals surface area contributed by atoms with Gasteiger partial charge in [0.15, 0.2) is 5.58 Å². The Bertz CT molecular complexity index is 850. The van der Waals surface area contributed by atoms with Crippen molar-refractivity contribution in [1.82, 2.24) is 4.98 Å². The predicted molar refractivity (Wildman–Crippen MR) is 75.4 cm³/mol. The minimum absolute atomic E-state index is 0.0354. The molecular weight excluding hydrogens is 301 g/mol. The lowest BCUT2D eigenvalue weighted by Crippen LogP contribution is -1.90. The summed E-state index contributed by atoms with van der Waals surface area (Å²) in [5.41, 5.74) is 1.16. The van der Waals surface area contributed by atoms with Crippen molar-refractivity contribution in [3.05, 3.63) is 57.4 Å². The Morgan fingerprint density at radius 3 is 2.81 bits per heavy atom. The molecular formula is C13H7ClFN3O3. The van der Waals surface area contributed by atoms with Crippen molar-refractivity contribution in [3.63, 3.8) is 0 Å². The first-order chi connectivity index (χ1) is 10.0. The van der Waals surface area contributed by atoms with Gasteiger partial charge in [-0.05, 0) is 24.3 Å². The molecule has 1 aromatic heterocycles. The van der Waals surface area contributed by atoms with E-state index < -0.39 is 10.7 Å². The first-order valence-corrected chi connectivity index (χ1v) is 6.18. The molecule has 0 atom stereocenters. The highest BCUT2D eigenvalue weighted by atomic mass is 35.5. The van der Waals surface area contributed by atoms with Crippen LogP contribution in [0.1, 0.15) is 0 Å². The predicted octanol–water partition coefficient (Wildman–Crippen LogP) is 4.27. The Morgan fingerprint density at radius 2 is 2.10 bits per heavy atom. The number of rotatable bonds is 3. The highest BCUT2D eigenvalue weighted by molar-refractivity contribution is 6.31. The highest BCUT2D eigenvalue weighted by Gasteiger charge is 2.12. The zero-order valence-electron chi connectivity index (χ0n) is 10.3. The van der Waals surface area contributed by atoms with E-state index in [1.165, 1.54) is 36.4 Å². The molecule has 3 aromatic rings. The summed E-state index contributed by atoms with van der Waals surface area (Å²) in [5, 5.41) is 13.5. The lowest BCUT2D eigenvalue weighted by atomic mass is 10.3. The summed E-state index contributed by atoms with van der Waals surface area (Å²) in [6, 6.07) is 8.29. The maximum atomic E-state index is 13.1. The summed E-state index contributed by atoms with van der Waals surface area (Å²) < 4.78 is 18.5. The van der Waals surface area contributed by atoms with Gasteiger partial charge in [-0.15, -0.1) is 0 Å². The van der Waals surface area contributed by atoms with Gasteiger partial charge < -0.3 is 9.73 Å². The van der Waals surface area contributed by atoms with Crippen LogP contribution in [0.25, 0.3) is 11.1 Å². The molecule has 8 heteroatoms. The van der Waals surface area contributed by atoms with Crippen LogP contribution in [-0.2, 0) is 0 Å². The molecule has 0 amide bonds. The van der Waals surface area contributed by atoms with E-state index in [0.29, 0.717) is 16.8 Å². The smallest absolute Gasteiger partial charge is 0.300 e. The fourth-order valence-corrected chi connectivity index (χ4v) is 1.96. The Balaban J connectivity index is 1.93. The van der Waals surface area contributed by atoms with Gasteiger partial charge in [0.2, 0.25) is 0 Å². The summed E-state index contributed by atoms with van der Waals surface area (Å²) in [5.74, 6) is -0.532. The van der Waals surface area contributed by atoms with E-state index in [4.69, 9.17) is 16.0 Å². The Labute approximate surface area is 122 Å². The van der Waals surface area contributed by atoms with Crippen molar-refractivity contribution in [2.75, 3.05) is 5.32 Å². The third-order valence-electron chi connectivity index (χ3n) is 2.75. The van der Waals surface area contributed by atoms with E-state index in [0.717, 1.165) is 0 Å². The number of nitro groups is 1. The maximum absolute atomic E-state index is 13.1. The van der Waals surface area contributed by atoms with Crippen molar-refractivity contribution < 1.29 is 13.7 Å². The Kier molecular flexibility index (Phi) is 3.19. The van der Waals surface area contributed by atoms with Crippen LogP contribution in [0.3, 0.4) is 0 Å². The Morgan fingerprint density at radius 1 is 1.29 bits per heavy atom. The van der Waals surface area contributed by atoms with Gasteiger partial charge in [0.25, 0.3) is 11.7 Å². The molecule has 21 heavy (non-hydrogen) atoms. The number of nitrogens with zero attached hydrogens (tertiary/aromatic N) is 2. The molecule has 0 saturated carbocycles. The van der Waals surface area contributed by atoms with Crippen LogP contribution in [0.4, 0.5) is 21.8 Å². The quantitative estimate of drug-likeness (QED) is 0.577. The van der Waals surface area contributed by atoms with Crippen LogP contribution in [0.15, 0.2) is 40.8 Å². The van der Waals surface area contributed by atoms with E-state index >= 15 is 0 Å². The van der Waals surface area contributed by atoms with Crippen molar-refractivity contribution >= 4 is 40.1 Å². The monoisotopic (exact) mass is 307 g/mol. The number of aromatic nitrogens is 1. The largest absolute Gasteiger partial charge is 0.423 e. The summed E-state index contributed by atoms with van der Waals surface area (Å²) in [4.78, 5) is 14.3. The number of hydrogen-bond donors (Lipinski definition) is 1. The van der Waals surface area contributed by atoms with Crippen LogP contribution in [-0.4, -0.2) is 9.91 Å². The van der Waals surface area contributed by atoms with Crippen molar-refractivity contribution in [2.45, 2.75) is 0 Å². The van der Waals surface area contributed by atoms with Crippen molar-refractivity contribution in [2.24, 2.45) is 0 Å². The zero-order valence-corrected chi connectivity index (χ0v) is 11.1. The minimum Gasteiger partial charge on any atom is -0.423 e. The molecule has 1 N–H and O–H groups in total. The number of fused-ring (bicyclic) bond motifs is 1. The average molecular weight is 308 g/mol. The maximum Gasteiger partial charge on any atom is 0.300 e. The number of oxazole rings is 1. The molecule has 0 aliphatic rings. The lowest BCUT2D eigenvalue weighted by Gasteiger charge is -2.02. The van der Waals surface area contributed by atoms with Gasteiger partial charge in [0.05, 0.1) is 9.95 Å². The third kappa shape index (κ3) is 2.63. The molecule has 106 valence electrons. The molecule has 3 rings (SSSR count). The van der Waals surface area contributed by atoms with Crippen LogP contribution in [0.5, 0.6) is 0 Å². The first-order valence-electron chi connectivity index (χ1n) is 5.80. The number of anilines is 2. The fraction of sp³-hybridized carbons (Fsp3) is 0. The number of non-ortho nitro benzene ring substituents is 1. The third-order valence-corrected chi connectivity index (χ3v) is 3.04. The summed E-state index contributed by atoms with van der Waals surface area (Å²) >= 11 is 5.67. The summed E-state index contributed by atoms with van der Waals surface area (Å²) in [6.45, 7) is 0. The van der Waals surface area contributed by atoms with E-state index in [-0.39, 0.29) is 16.7 Å². The summed E-state index contributed by atoms with van der Waals surface area (Å²) in [7, 11) is 0. The van der Waals surface area contributed by atoms with Crippen LogP contribution >= 0.6 is 11.6 Å². The number of nitro benzene ring substituents is 1. The second-order valence-electron chi connectivity index (χ2n) is 4.18. The molecule has 6 nitrogen and oxygen atoms in total. The zero-order chi connectivity index (χ0) is 15.0. The van der Waals surface area contributed by atoms with Crippen LogP contribution in [0.2, 0.25) is 5.02 Å². The molecule has 0 aliphatic heterocycles. The normalized spacial score (nSPS) is 10.8. The van der Waals surface area contributed by atoms with Gasteiger partial charge >= 0.3 is 0 Å². The van der Waals surface area contributed by atoms with E-state index in [1.54, 1.807) is 0 Å². The lowest BCUT2D eigenvalue weighted by molar-refractivity contribution is -0.384.